The molecule has 1 aromatic rings. The molecular formula is C16H18N4O4S4. The summed E-state index contributed by atoms with van der Waals surface area (Å²) < 4.78 is 47.9. The Morgan fingerprint density at radius 3 is 1.43 bits per heavy atom. The highest BCUT2D eigenvalue weighted by Crippen LogP contribution is 2.33. The molecule has 4 aliphatic heterocycles. The van der Waals surface area contributed by atoms with Crippen LogP contribution in [0.15, 0.2) is 24.3 Å². The zero-order chi connectivity index (χ0) is 19.8. The highest BCUT2D eigenvalue weighted by Gasteiger charge is 2.49. The van der Waals surface area contributed by atoms with Gasteiger partial charge in [0.25, 0.3) is 0 Å². The van der Waals surface area contributed by atoms with Gasteiger partial charge in [0.05, 0.1) is 47.2 Å². The number of fused-ring (bicyclic) bond motifs is 2. The van der Waals surface area contributed by atoms with Crippen molar-refractivity contribution in [1.29, 1.82) is 0 Å². The molecule has 0 spiro atoms. The largest absolute Gasteiger partial charge is 0.356 e. The molecule has 4 heterocycles. The molecule has 4 fully saturated rings. The smallest absolute Gasteiger partial charge is 0.174 e. The van der Waals surface area contributed by atoms with Crippen LogP contribution in [0.1, 0.15) is 0 Å². The molecule has 4 atom stereocenters. The molecule has 12 heteroatoms. The summed E-state index contributed by atoms with van der Waals surface area (Å²) in [6, 6.07) is 6.71. The van der Waals surface area contributed by atoms with Crippen molar-refractivity contribution in [2.75, 3.05) is 32.8 Å². The Morgan fingerprint density at radius 2 is 1.07 bits per heavy atom. The molecule has 5 rings (SSSR count). The number of sulfone groups is 2. The molecular weight excluding hydrogens is 440 g/mol. The molecule has 0 bridgehead atoms. The highest BCUT2D eigenvalue weighted by atomic mass is 32.2. The van der Waals surface area contributed by atoms with Crippen molar-refractivity contribution in [3.05, 3.63) is 24.3 Å². The van der Waals surface area contributed by atoms with Gasteiger partial charge in [0.15, 0.2) is 29.9 Å². The summed E-state index contributed by atoms with van der Waals surface area (Å²) in [6.45, 7) is 0. The first-order chi connectivity index (χ1) is 13.1. The van der Waals surface area contributed by atoms with Crippen LogP contribution in [-0.2, 0) is 19.7 Å². The summed E-state index contributed by atoms with van der Waals surface area (Å²) >= 11 is 10.8. The van der Waals surface area contributed by atoms with Gasteiger partial charge in [0.2, 0.25) is 0 Å². The fourth-order valence-corrected chi connectivity index (χ4v) is 9.16. The molecule has 0 radical (unpaired) electrons. The van der Waals surface area contributed by atoms with Crippen molar-refractivity contribution >= 4 is 65.7 Å². The predicted octanol–water partition coefficient (Wildman–Crippen LogP) is -0.593. The van der Waals surface area contributed by atoms with Crippen LogP contribution < -0.4 is 20.4 Å². The van der Waals surface area contributed by atoms with Crippen LogP contribution >= 0.6 is 24.4 Å². The summed E-state index contributed by atoms with van der Waals surface area (Å²) in [5.41, 5.74) is 1.61. The Balaban J connectivity index is 1.42. The first-order valence-corrected chi connectivity index (χ1v) is 13.3. The molecule has 1 aromatic carbocycles. The molecule has 4 aliphatic rings. The number of rotatable bonds is 2. The van der Waals surface area contributed by atoms with Gasteiger partial charge in [0.1, 0.15) is 0 Å². The Hall–Kier alpha value is -1.50. The van der Waals surface area contributed by atoms with E-state index in [0.717, 1.165) is 11.4 Å². The third kappa shape index (κ3) is 2.88. The first kappa shape index (κ1) is 18.5. The van der Waals surface area contributed by atoms with Gasteiger partial charge in [-0.05, 0) is 48.7 Å². The average molecular weight is 459 g/mol. The van der Waals surface area contributed by atoms with Gasteiger partial charge < -0.3 is 20.4 Å². The van der Waals surface area contributed by atoms with Gasteiger partial charge in [-0.1, -0.05) is 0 Å². The van der Waals surface area contributed by atoms with Gasteiger partial charge >= 0.3 is 0 Å². The maximum absolute atomic E-state index is 12.0. The lowest BCUT2D eigenvalue weighted by molar-refractivity contribution is 0.598. The number of nitrogens with zero attached hydrogens (tertiary/aromatic N) is 2. The molecule has 150 valence electrons. The Bertz CT molecular complexity index is 999. The number of anilines is 2. The monoisotopic (exact) mass is 458 g/mol. The van der Waals surface area contributed by atoms with Crippen LogP contribution in [0, 0.1) is 0 Å². The SMILES string of the molecule is O=S1(=O)CC2NC(=S)N(c3ccc(N4C(=S)NC5CS(=O)(=O)CC54)cc3)C2C1. The molecule has 0 saturated carbocycles. The maximum atomic E-state index is 12.0. The summed E-state index contributed by atoms with van der Waals surface area (Å²) in [4.78, 5) is 3.72. The van der Waals surface area contributed by atoms with E-state index in [0.29, 0.717) is 10.2 Å². The van der Waals surface area contributed by atoms with Gasteiger partial charge in [0, 0.05) is 11.4 Å². The van der Waals surface area contributed by atoms with E-state index < -0.39 is 19.7 Å². The van der Waals surface area contributed by atoms with E-state index in [-0.39, 0.29) is 47.2 Å². The Kier molecular flexibility index (Phi) is 3.97. The van der Waals surface area contributed by atoms with E-state index in [1.165, 1.54) is 0 Å². The standard InChI is InChI=1S/C16H18N4O4S4/c21-27(22)5-11-13(7-27)19(15(25)17-11)9-1-2-10(4-3-9)20-14-8-28(23,24)6-12(14)18-16(20)26/h1-4,11-14H,5-8H2,(H,17,25)(H,18,26). The van der Waals surface area contributed by atoms with Gasteiger partial charge in [-0.3, -0.25) is 0 Å². The topological polar surface area (TPSA) is 98.8 Å². The fourth-order valence-electron chi connectivity index (χ4n) is 4.59. The van der Waals surface area contributed by atoms with E-state index in [1.807, 2.05) is 34.1 Å². The van der Waals surface area contributed by atoms with Crippen molar-refractivity contribution in [3.8, 4) is 0 Å². The number of hydrogen-bond donors (Lipinski definition) is 2. The average Bonchev–Trinajstić information content (AvgIpc) is 3.22. The number of benzene rings is 1. The third-order valence-electron chi connectivity index (χ3n) is 5.77. The quantitative estimate of drug-likeness (QED) is 0.560. The molecule has 8 nitrogen and oxygen atoms in total. The molecule has 2 N–H and O–H groups in total. The van der Waals surface area contributed by atoms with E-state index in [9.17, 15) is 16.8 Å². The van der Waals surface area contributed by atoms with Crippen molar-refractivity contribution in [2.45, 2.75) is 24.2 Å². The minimum atomic E-state index is -3.07. The minimum absolute atomic E-state index is 0.0777. The van der Waals surface area contributed by atoms with Crippen molar-refractivity contribution < 1.29 is 16.8 Å². The zero-order valence-corrected chi connectivity index (χ0v) is 17.9. The maximum Gasteiger partial charge on any atom is 0.174 e. The lowest BCUT2D eigenvalue weighted by Crippen LogP contribution is -2.38. The molecule has 0 aromatic heterocycles. The fraction of sp³-hybridized carbons (Fsp3) is 0.500. The number of thiocarbonyl (C=S) groups is 2. The summed E-state index contributed by atoms with van der Waals surface area (Å²) in [5.74, 6) is 0.345. The van der Waals surface area contributed by atoms with Crippen LogP contribution in [-0.4, -0.2) is 74.2 Å². The highest BCUT2D eigenvalue weighted by molar-refractivity contribution is 7.92. The van der Waals surface area contributed by atoms with Crippen LogP contribution in [0.5, 0.6) is 0 Å². The third-order valence-corrected chi connectivity index (χ3v) is 9.83. The van der Waals surface area contributed by atoms with E-state index in [4.69, 9.17) is 24.4 Å². The van der Waals surface area contributed by atoms with Gasteiger partial charge in [-0.2, -0.15) is 0 Å². The van der Waals surface area contributed by atoms with Crippen molar-refractivity contribution in [2.24, 2.45) is 0 Å². The lowest BCUT2D eigenvalue weighted by atomic mass is 10.1. The lowest BCUT2D eigenvalue weighted by Gasteiger charge is -2.26. The second-order valence-corrected chi connectivity index (χ2v) is 12.7. The molecule has 0 aliphatic carbocycles. The Labute approximate surface area is 174 Å². The molecule has 0 amide bonds. The molecule has 4 unspecified atom stereocenters. The number of hydrogen-bond acceptors (Lipinski definition) is 6. The summed E-state index contributed by atoms with van der Waals surface area (Å²) in [5, 5.41) is 7.26. The van der Waals surface area contributed by atoms with E-state index >= 15 is 0 Å². The Morgan fingerprint density at radius 1 is 0.714 bits per heavy atom. The first-order valence-electron chi connectivity index (χ1n) is 8.84. The van der Waals surface area contributed by atoms with Crippen LogP contribution in [0.3, 0.4) is 0 Å². The summed E-state index contributed by atoms with van der Waals surface area (Å²) in [6.07, 6.45) is 0. The normalized spacial score (nSPS) is 34.9. The summed E-state index contributed by atoms with van der Waals surface area (Å²) in [7, 11) is -6.15. The molecule has 28 heavy (non-hydrogen) atoms. The van der Waals surface area contributed by atoms with Crippen LogP contribution in [0.4, 0.5) is 11.4 Å². The number of nitrogens with one attached hydrogen (secondary N) is 2. The predicted molar refractivity (Wildman–Crippen MR) is 115 cm³/mol. The second kappa shape index (κ2) is 6.00. The van der Waals surface area contributed by atoms with Crippen molar-refractivity contribution in [1.82, 2.24) is 10.6 Å². The van der Waals surface area contributed by atoms with Crippen LogP contribution in [0.25, 0.3) is 0 Å². The van der Waals surface area contributed by atoms with E-state index in [2.05, 4.69) is 10.6 Å². The van der Waals surface area contributed by atoms with Crippen molar-refractivity contribution in [3.63, 3.8) is 0 Å². The zero-order valence-electron chi connectivity index (χ0n) is 14.6. The second-order valence-electron chi connectivity index (χ2n) is 7.66. The van der Waals surface area contributed by atoms with E-state index in [1.54, 1.807) is 0 Å². The van der Waals surface area contributed by atoms with Gasteiger partial charge in [-0.25, -0.2) is 16.8 Å². The molecule has 4 saturated heterocycles. The van der Waals surface area contributed by atoms with Gasteiger partial charge in [-0.15, -0.1) is 0 Å². The van der Waals surface area contributed by atoms with Crippen LogP contribution in [0.2, 0.25) is 0 Å². The minimum Gasteiger partial charge on any atom is -0.356 e.